The number of ketones is 1. The summed E-state index contributed by atoms with van der Waals surface area (Å²) in [6, 6.07) is 7.52. The average Bonchev–Trinajstić information content (AvgIpc) is 3.28. The fourth-order valence-corrected chi connectivity index (χ4v) is 2.48. The lowest BCUT2D eigenvalue weighted by Gasteiger charge is -2.08. The van der Waals surface area contributed by atoms with Gasteiger partial charge in [0.1, 0.15) is 23.9 Å². The number of allylic oxidation sites excluding steroid dienone is 1. The van der Waals surface area contributed by atoms with Gasteiger partial charge in [-0.1, -0.05) is 11.6 Å². The van der Waals surface area contributed by atoms with Crippen molar-refractivity contribution < 1.29 is 13.9 Å². The van der Waals surface area contributed by atoms with E-state index >= 15 is 0 Å². The van der Waals surface area contributed by atoms with Gasteiger partial charge in [-0.15, -0.1) is 0 Å². The number of aryl methyl sites for hydroxylation is 2. The maximum absolute atomic E-state index is 11.6. The zero-order valence-corrected chi connectivity index (χ0v) is 14.0. The molecule has 1 aliphatic carbocycles. The van der Waals surface area contributed by atoms with E-state index in [2.05, 4.69) is 0 Å². The van der Waals surface area contributed by atoms with Crippen LogP contribution in [-0.4, -0.2) is 5.78 Å². The average molecular weight is 331 g/mol. The van der Waals surface area contributed by atoms with Crippen LogP contribution in [0.5, 0.6) is 5.75 Å². The molecule has 1 aliphatic rings. The van der Waals surface area contributed by atoms with E-state index in [1.165, 1.54) is 0 Å². The highest BCUT2D eigenvalue weighted by molar-refractivity contribution is 6.32. The number of carbonyl (C=O) groups excluding carboxylic acids is 1. The summed E-state index contributed by atoms with van der Waals surface area (Å²) in [5, 5.41) is 0.767. The monoisotopic (exact) mass is 330 g/mol. The van der Waals surface area contributed by atoms with Gasteiger partial charge in [0.2, 0.25) is 0 Å². The summed E-state index contributed by atoms with van der Waals surface area (Å²) in [6.07, 6.45) is 5.36. The summed E-state index contributed by atoms with van der Waals surface area (Å²) >= 11 is 6.15. The normalized spacial score (nSPS) is 14.4. The molecule has 23 heavy (non-hydrogen) atoms. The Morgan fingerprint density at radius 1 is 1.30 bits per heavy atom. The molecular formula is C19H19ClO3. The highest BCUT2D eigenvalue weighted by Gasteiger charge is 2.27. The lowest BCUT2D eigenvalue weighted by molar-refractivity contribution is -0.115. The van der Waals surface area contributed by atoms with Crippen molar-refractivity contribution in [3.63, 3.8) is 0 Å². The Balaban J connectivity index is 1.59. The Bertz CT molecular complexity index is 731. The molecule has 120 valence electrons. The maximum atomic E-state index is 11.6. The first kappa shape index (κ1) is 15.9. The molecule has 1 heterocycles. The van der Waals surface area contributed by atoms with Crippen LogP contribution in [0.2, 0.25) is 5.02 Å². The largest absolute Gasteiger partial charge is 0.486 e. The van der Waals surface area contributed by atoms with Crippen LogP contribution in [-0.2, 0) is 11.4 Å². The molecule has 0 saturated heterocycles. The molecule has 0 aliphatic heterocycles. The third-order valence-electron chi connectivity index (χ3n) is 3.87. The summed E-state index contributed by atoms with van der Waals surface area (Å²) < 4.78 is 11.4. The minimum absolute atomic E-state index is 0.186. The summed E-state index contributed by atoms with van der Waals surface area (Å²) in [7, 11) is 0. The first-order chi connectivity index (χ1) is 11.0. The van der Waals surface area contributed by atoms with Crippen molar-refractivity contribution >= 4 is 23.5 Å². The van der Waals surface area contributed by atoms with E-state index in [0.717, 1.165) is 34.7 Å². The summed E-state index contributed by atoms with van der Waals surface area (Å²) in [6.45, 7) is 4.24. The Kier molecular flexibility index (Phi) is 4.58. The number of ether oxygens (including phenoxy) is 1. The van der Waals surface area contributed by atoms with Crippen molar-refractivity contribution in [2.45, 2.75) is 33.3 Å². The van der Waals surface area contributed by atoms with E-state index < -0.39 is 0 Å². The van der Waals surface area contributed by atoms with Crippen molar-refractivity contribution in [1.82, 2.24) is 0 Å². The van der Waals surface area contributed by atoms with Crippen LogP contribution >= 0.6 is 11.6 Å². The van der Waals surface area contributed by atoms with E-state index in [0.29, 0.717) is 18.1 Å². The van der Waals surface area contributed by atoms with E-state index in [-0.39, 0.29) is 11.7 Å². The molecule has 0 bridgehead atoms. The molecule has 1 saturated carbocycles. The number of carbonyl (C=O) groups is 1. The number of benzene rings is 1. The van der Waals surface area contributed by atoms with Gasteiger partial charge < -0.3 is 9.15 Å². The van der Waals surface area contributed by atoms with Gasteiger partial charge in [-0.05, 0) is 74.2 Å². The Morgan fingerprint density at radius 3 is 2.65 bits per heavy atom. The zero-order valence-electron chi connectivity index (χ0n) is 13.3. The highest BCUT2D eigenvalue weighted by Crippen LogP contribution is 2.30. The first-order valence-corrected chi connectivity index (χ1v) is 8.11. The molecule has 0 amide bonds. The standard InChI is InChI=1S/C19H19ClO3/c1-12-9-17(10-13(2)19(12)20)22-11-16-6-5-15(23-16)7-8-18(21)14-3-4-14/h5-10,14H,3-4,11H2,1-2H3/b8-7+. The van der Waals surface area contributed by atoms with Crippen molar-refractivity contribution in [3.05, 3.63) is 58.0 Å². The SMILES string of the molecule is Cc1cc(OCc2ccc(/C=C/C(=O)C3CC3)o2)cc(C)c1Cl. The second kappa shape index (κ2) is 6.63. The van der Waals surface area contributed by atoms with Gasteiger partial charge in [0.05, 0.1) is 0 Å². The van der Waals surface area contributed by atoms with Crippen LogP contribution in [0.15, 0.2) is 34.8 Å². The van der Waals surface area contributed by atoms with E-state index in [1.54, 1.807) is 12.2 Å². The minimum Gasteiger partial charge on any atom is -0.486 e. The van der Waals surface area contributed by atoms with Crippen LogP contribution < -0.4 is 4.74 Å². The number of halogens is 1. The lowest BCUT2D eigenvalue weighted by atomic mass is 10.1. The second-order valence-corrected chi connectivity index (χ2v) is 6.35. The van der Waals surface area contributed by atoms with Crippen LogP contribution in [0.3, 0.4) is 0 Å². The van der Waals surface area contributed by atoms with E-state index in [9.17, 15) is 4.79 Å². The van der Waals surface area contributed by atoms with Crippen molar-refractivity contribution in [3.8, 4) is 5.75 Å². The lowest BCUT2D eigenvalue weighted by Crippen LogP contribution is -1.95. The number of rotatable bonds is 6. The van der Waals surface area contributed by atoms with Gasteiger partial charge in [0.15, 0.2) is 5.78 Å². The molecule has 0 atom stereocenters. The zero-order chi connectivity index (χ0) is 16.4. The molecule has 1 aromatic carbocycles. The van der Waals surface area contributed by atoms with Gasteiger partial charge in [-0.3, -0.25) is 4.79 Å². The van der Waals surface area contributed by atoms with Gasteiger partial charge >= 0.3 is 0 Å². The predicted octanol–water partition coefficient (Wildman–Crippen LogP) is 5.12. The summed E-state index contributed by atoms with van der Waals surface area (Å²) in [5.41, 5.74) is 1.98. The Labute approximate surface area is 140 Å². The number of hydrogen-bond donors (Lipinski definition) is 0. The molecule has 2 aromatic rings. The van der Waals surface area contributed by atoms with Crippen LogP contribution in [0, 0.1) is 19.8 Å². The maximum Gasteiger partial charge on any atom is 0.158 e. The van der Waals surface area contributed by atoms with Crippen molar-refractivity contribution in [1.29, 1.82) is 0 Å². The fourth-order valence-electron chi connectivity index (χ4n) is 2.37. The molecule has 0 spiro atoms. The van der Waals surface area contributed by atoms with Gasteiger partial charge in [0.25, 0.3) is 0 Å². The third-order valence-corrected chi connectivity index (χ3v) is 4.46. The summed E-state index contributed by atoms with van der Waals surface area (Å²) in [5.74, 6) is 2.57. The van der Waals surface area contributed by atoms with Crippen LogP contribution in [0.25, 0.3) is 6.08 Å². The van der Waals surface area contributed by atoms with Gasteiger partial charge in [-0.25, -0.2) is 0 Å². The molecular weight excluding hydrogens is 312 g/mol. The quantitative estimate of drug-likeness (QED) is 0.690. The molecule has 0 unspecified atom stereocenters. The molecule has 4 heteroatoms. The number of furan rings is 1. The van der Waals surface area contributed by atoms with E-state index in [1.807, 2.05) is 38.1 Å². The van der Waals surface area contributed by atoms with Crippen LogP contribution in [0.1, 0.15) is 35.5 Å². The smallest absolute Gasteiger partial charge is 0.158 e. The Hall–Kier alpha value is -2.00. The van der Waals surface area contributed by atoms with Crippen molar-refractivity contribution in [2.75, 3.05) is 0 Å². The summed E-state index contributed by atoms with van der Waals surface area (Å²) in [4.78, 5) is 11.6. The Morgan fingerprint density at radius 2 is 2.00 bits per heavy atom. The minimum atomic E-state index is 0.186. The fraction of sp³-hybridized carbons (Fsp3) is 0.316. The molecule has 3 rings (SSSR count). The van der Waals surface area contributed by atoms with Gasteiger partial charge in [-0.2, -0.15) is 0 Å². The van der Waals surface area contributed by atoms with Gasteiger partial charge in [0, 0.05) is 10.9 Å². The van der Waals surface area contributed by atoms with E-state index in [4.69, 9.17) is 20.8 Å². The molecule has 0 radical (unpaired) electrons. The number of hydrogen-bond acceptors (Lipinski definition) is 3. The second-order valence-electron chi connectivity index (χ2n) is 5.97. The van der Waals surface area contributed by atoms with Crippen molar-refractivity contribution in [2.24, 2.45) is 5.92 Å². The molecule has 1 aromatic heterocycles. The molecule has 0 N–H and O–H groups in total. The highest BCUT2D eigenvalue weighted by atomic mass is 35.5. The van der Waals surface area contributed by atoms with Crippen LogP contribution in [0.4, 0.5) is 0 Å². The predicted molar refractivity (Wildman–Crippen MR) is 90.7 cm³/mol. The topological polar surface area (TPSA) is 39.4 Å². The molecule has 1 fully saturated rings. The first-order valence-electron chi connectivity index (χ1n) is 7.73. The molecule has 3 nitrogen and oxygen atoms in total. The third kappa shape index (κ3) is 4.05.